The number of halogens is 1. The molecule has 7 nitrogen and oxygen atoms in total. The van der Waals surface area contributed by atoms with Crippen molar-refractivity contribution in [2.75, 3.05) is 32.8 Å². The fourth-order valence-electron chi connectivity index (χ4n) is 5.38. The van der Waals surface area contributed by atoms with Crippen LogP contribution in [0.2, 0.25) is 0 Å². The summed E-state index contributed by atoms with van der Waals surface area (Å²) in [6.45, 7) is 5.15. The monoisotopic (exact) mass is 428 g/mol. The third-order valence-corrected chi connectivity index (χ3v) is 7.06. The number of hydrogen-bond acceptors (Lipinski definition) is 4. The second-order valence-electron chi connectivity index (χ2n) is 9.08. The van der Waals surface area contributed by atoms with Gasteiger partial charge in [-0.15, -0.1) is 0 Å². The zero-order valence-corrected chi connectivity index (χ0v) is 17.8. The van der Waals surface area contributed by atoms with Crippen LogP contribution < -0.4 is 5.32 Å². The number of H-pyrrole nitrogens is 1. The lowest BCUT2D eigenvalue weighted by Crippen LogP contribution is -2.62. The zero-order valence-electron chi connectivity index (χ0n) is 17.8. The molecule has 166 valence electrons. The number of morpholine rings is 1. The number of aromatic nitrogens is 1. The average Bonchev–Trinajstić information content (AvgIpc) is 3.24. The molecule has 0 unspecified atom stereocenters. The molecule has 3 heterocycles. The summed E-state index contributed by atoms with van der Waals surface area (Å²) in [6, 6.07) is 5.36. The van der Waals surface area contributed by atoms with E-state index in [1.807, 2.05) is 11.8 Å². The number of piperazine rings is 1. The Bertz CT molecular complexity index is 967. The number of nitrogens with one attached hydrogen (secondary N) is 2. The van der Waals surface area contributed by atoms with Crippen LogP contribution >= 0.6 is 0 Å². The molecule has 2 N–H and O–H groups in total. The molecule has 1 aromatic carbocycles. The molecule has 0 radical (unpaired) electrons. The highest BCUT2D eigenvalue weighted by molar-refractivity contribution is 5.99. The minimum absolute atomic E-state index is 0.0888. The maximum absolute atomic E-state index is 14.1. The van der Waals surface area contributed by atoms with Gasteiger partial charge in [-0.2, -0.15) is 0 Å². The van der Waals surface area contributed by atoms with E-state index < -0.39 is 0 Å². The van der Waals surface area contributed by atoms with E-state index in [9.17, 15) is 14.0 Å². The number of fused-ring (bicyclic) bond motifs is 2. The maximum atomic E-state index is 14.1. The van der Waals surface area contributed by atoms with E-state index in [2.05, 4.69) is 15.2 Å². The second-order valence-corrected chi connectivity index (χ2v) is 9.08. The van der Waals surface area contributed by atoms with E-state index in [0.29, 0.717) is 29.2 Å². The minimum atomic E-state index is -0.321. The van der Waals surface area contributed by atoms with E-state index in [1.165, 1.54) is 6.07 Å². The highest BCUT2D eigenvalue weighted by Crippen LogP contribution is 2.27. The molecule has 2 amide bonds. The van der Waals surface area contributed by atoms with Crippen molar-refractivity contribution >= 4 is 22.7 Å². The predicted octanol–water partition coefficient (Wildman–Crippen LogP) is 2.20. The summed E-state index contributed by atoms with van der Waals surface area (Å²) < 4.78 is 19.6. The van der Waals surface area contributed by atoms with Crippen molar-refractivity contribution in [3.8, 4) is 0 Å². The molecule has 0 bridgehead atoms. The molecule has 1 saturated carbocycles. The number of amides is 2. The van der Waals surface area contributed by atoms with Crippen molar-refractivity contribution < 1.29 is 18.7 Å². The lowest BCUT2D eigenvalue weighted by molar-refractivity contribution is -0.153. The summed E-state index contributed by atoms with van der Waals surface area (Å²) in [5, 5.41) is 3.61. The standard InChI is InChI=1S/C23H29FN4O3/c1-14-5-6-19(24)18-10-20(26-22(14)18)23(30)25-15-3-2-4-16(9-15)27-7-8-28-17(11-27)12-31-13-21(28)29/h5-6,10,15-17,26H,2-4,7-9,11-13H2,1H3,(H,25,30)/t15-,16+,17-/m1/s1. The van der Waals surface area contributed by atoms with E-state index in [0.717, 1.165) is 50.9 Å². The topological polar surface area (TPSA) is 77.7 Å². The Hall–Kier alpha value is -2.45. The summed E-state index contributed by atoms with van der Waals surface area (Å²) in [6.07, 6.45) is 3.99. The molecular weight excluding hydrogens is 399 g/mol. The molecule has 2 aromatic rings. The maximum Gasteiger partial charge on any atom is 0.267 e. The van der Waals surface area contributed by atoms with Gasteiger partial charge in [0.05, 0.1) is 18.2 Å². The molecule has 1 aromatic heterocycles. The Morgan fingerprint density at radius 2 is 2.13 bits per heavy atom. The summed E-state index contributed by atoms with van der Waals surface area (Å²) in [7, 11) is 0. The molecule has 3 fully saturated rings. The number of nitrogens with zero attached hydrogens (tertiary/aromatic N) is 2. The van der Waals surface area contributed by atoms with Gasteiger partial charge in [0.25, 0.3) is 5.91 Å². The van der Waals surface area contributed by atoms with Gasteiger partial charge in [0.2, 0.25) is 5.91 Å². The number of aryl methyl sites for hydroxylation is 1. The number of carbonyl (C=O) groups excluding carboxylic acids is 2. The molecular formula is C23H29FN4O3. The average molecular weight is 429 g/mol. The molecule has 3 aliphatic rings. The van der Waals surface area contributed by atoms with Crippen LogP contribution in [0.25, 0.3) is 10.9 Å². The third kappa shape index (κ3) is 3.94. The summed E-state index contributed by atoms with van der Waals surface area (Å²) >= 11 is 0. The van der Waals surface area contributed by atoms with E-state index in [-0.39, 0.29) is 36.3 Å². The molecule has 5 rings (SSSR count). The number of carbonyl (C=O) groups is 2. The summed E-state index contributed by atoms with van der Waals surface area (Å²) in [5.74, 6) is -0.413. The quantitative estimate of drug-likeness (QED) is 0.786. The zero-order chi connectivity index (χ0) is 21.5. The molecule has 31 heavy (non-hydrogen) atoms. The van der Waals surface area contributed by atoms with Crippen LogP contribution in [0.3, 0.4) is 0 Å². The van der Waals surface area contributed by atoms with Crippen LogP contribution in [0.4, 0.5) is 4.39 Å². The normalized spacial score (nSPS) is 27.4. The first kappa shape index (κ1) is 20.5. The third-order valence-electron chi connectivity index (χ3n) is 7.06. The smallest absolute Gasteiger partial charge is 0.267 e. The number of ether oxygens (including phenoxy) is 1. The first-order valence-electron chi connectivity index (χ1n) is 11.2. The first-order chi connectivity index (χ1) is 15.0. The Morgan fingerprint density at radius 1 is 1.26 bits per heavy atom. The minimum Gasteiger partial charge on any atom is -0.369 e. The largest absolute Gasteiger partial charge is 0.369 e. The van der Waals surface area contributed by atoms with Gasteiger partial charge in [-0.3, -0.25) is 14.5 Å². The molecule has 2 aliphatic heterocycles. The van der Waals surface area contributed by atoms with E-state index in [1.54, 1.807) is 12.1 Å². The van der Waals surface area contributed by atoms with E-state index in [4.69, 9.17) is 4.74 Å². The lowest BCUT2D eigenvalue weighted by Gasteiger charge is -2.47. The highest BCUT2D eigenvalue weighted by atomic mass is 19.1. The number of benzene rings is 1. The van der Waals surface area contributed by atoms with Crippen LogP contribution in [0.15, 0.2) is 18.2 Å². The summed E-state index contributed by atoms with van der Waals surface area (Å²) in [4.78, 5) is 32.4. The second kappa shape index (κ2) is 8.24. The van der Waals surface area contributed by atoms with Gasteiger partial charge in [0.15, 0.2) is 0 Å². The molecule has 1 aliphatic carbocycles. The molecule has 2 saturated heterocycles. The Morgan fingerprint density at radius 3 is 2.97 bits per heavy atom. The van der Waals surface area contributed by atoms with Crippen molar-refractivity contribution in [3.63, 3.8) is 0 Å². The van der Waals surface area contributed by atoms with Crippen LogP contribution in [-0.4, -0.2) is 77.6 Å². The van der Waals surface area contributed by atoms with Crippen molar-refractivity contribution in [2.24, 2.45) is 0 Å². The van der Waals surface area contributed by atoms with E-state index >= 15 is 0 Å². The number of hydrogen-bond donors (Lipinski definition) is 2. The molecule has 3 atom stereocenters. The van der Waals surface area contributed by atoms with Crippen molar-refractivity contribution in [2.45, 2.75) is 50.7 Å². The number of aromatic amines is 1. The Balaban J connectivity index is 1.23. The Labute approximate surface area is 180 Å². The fraction of sp³-hybridized carbons (Fsp3) is 0.565. The van der Waals surface area contributed by atoms with Crippen molar-refractivity contribution in [1.29, 1.82) is 0 Å². The molecule has 8 heteroatoms. The Kier molecular flexibility index (Phi) is 5.44. The van der Waals surface area contributed by atoms with Crippen molar-refractivity contribution in [3.05, 3.63) is 35.3 Å². The SMILES string of the molecule is Cc1ccc(F)c2cc(C(=O)N[C@@H]3CCC[C@H](N4CCN5C(=O)COC[C@H]5C4)C3)[nH]c12. The van der Waals surface area contributed by atoms with Gasteiger partial charge in [0, 0.05) is 37.1 Å². The molecule has 0 spiro atoms. The first-order valence-corrected chi connectivity index (χ1v) is 11.2. The van der Waals surface area contributed by atoms with Gasteiger partial charge in [-0.05, 0) is 50.3 Å². The van der Waals surface area contributed by atoms with Crippen molar-refractivity contribution in [1.82, 2.24) is 20.1 Å². The van der Waals surface area contributed by atoms with Crippen LogP contribution in [-0.2, 0) is 9.53 Å². The predicted molar refractivity (Wildman–Crippen MR) is 114 cm³/mol. The van der Waals surface area contributed by atoms with Crippen LogP contribution in [0.5, 0.6) is 0 Å². The van der Waals surface area contributed by atoms with Gasteiger partial charge >= 0.3 is 0 Å². The van der Waals surface area contributed by atoms with Gasteiger partial charge < -0.3 is 19.9 Å². The van der Waals surface area contributed by atoms with Gasteiger partial charge in [0.1, 0.15) is 18.1 Å². The highest BCUT2D eigenvalue weighted by Gasteiger charge is 2.37. The van der Waals surface area contributed by atoms with Gasteiger partial charge in [-0.1, -0.05) is 6.07 Å². The van der Waals surface area contributed by atoms with Crippen LogP contribution in [0, 0.1) is 12.7 Å². The fourth-order valence-corrected chi connectivity index (χ4v) is 5.38. The number of rotatable bonds is 3. The summed E-state index contributed by atoms with van der Waals surface area (Å²) in [5.41, 5.74) is 1.99. The van der Waals surface area contributed by atoms with Gasteiger partial charge in [-0.25, -0.2) is 4.39 Å². The van der Waals surface area contributed by atoms with Crippen LogP contribution in [0.1, 0.15) is 41.7 Å². The lowest BCUT2D eigenvalue weighted by atomic mass is 9.89.